The lowest BCUT2D eigenvalue weighted by molar-refractivity contribution is 0.0946. The molecule has 0 radical (unpaired) electrons. The van der Waals surface area contributed by atoms with Crippen molar-refractivity contribution in [1.29, 1.82) is 0 Å². The number of hydrogen-bond donors (Lipinski definition) is 3. The van der Waals surface area contributed by atoms with Gasteiger partial charge in [0, 0.05) is 11.1 Å². The van der Waals surface area contributed by atoms with Crippen LogP contribution in [0.4, 0.5) is 5.69 Å². The van der Waals surface area contributed by atoms with Gasteiger partial charge in [0.05, 0.1) is 17.9 Å². The Morgan fingerprint density at radius 2 is 2.30 bits per heavy atom. The topological polar surface area (TPSA) is 96.7 Å². The number of carbonyl (C=O) groups is 1. The van der Waals surface area contributed by atoms with E-state index in [1.54, 1.807) is 11.3 Å². The van der Waals surface area contributed by atoms with Gasteiger partial charge >= 0.3 is 0 Å². The predicted molar refractivity (Wildman–Crippen MR) is 79.8 cm³/mol. The molecule has 0 aliphatic heterocycles. The van der Waals surface area contributed by atoms with Crippen LogP contribution in [0.25, 0.3) is 0 Å². The first-order valence-corrected chi connectivity index (χ1v) is 7.40. The van der Waals surface area contributed by atoms with E-state index in [-0.39, 0.29) is 17.5 Å². The van der Waals surface area contributed by atoms with Gasteiger partial charge in [-0.2, -0.15) is 5.10 Å². The van der Waals surface area contributed by atoms with E-state index in [4.69, 9.17) is 5.73 Å². The van der Waals surface area contributed by atoms with Crippen molar-refractivity contribution >= 4 is 22.9 Å². The highest BCUT2D eigenvalue weighted by Crippen LogP contribution is 2.22. The second kappa shape index (κ2) is 6.04. The van der Waals surface area contributed by atoms with E-state index in [0.717, 1.165) is 17.1 Å². The fourth-order valence-corrected chi connectivity index (χ4v) is 2.61. The zero-order chi connectivity index (χ0) is 14.7. The van der Waals surface area contributed by atoms with E-state index in [1.165, 1.54) is 4.88 Å². The van der Waals surface area contributed by atoms with Crippen molar-refractivity contribution in [2.75, 3.05) is 5.73 Å². The van der Waals surface area contributed by atoms with E-state index >= 15 is 0 Å². The molecule has 108 valence electrons. The van der Waals surface area contributed by atoms with E-state index in [2.05, 4.69) is 27.4 Å². The molecule has 7 heteroatoms. The zero-order valence-electron chi connectivity index (χ0n) is 11.9. The minimum absolute atomic E-state index is 0.204. The summed E-state index contributed by atoms with van der Waals surface area (Å²) in [5, 5.41) is 10.5. The van der Waals surface area contributed by atoms with Crippen molar-refractivity contribution in [3.8, 4) is 0 Å². The summed E-state index contributed by atoms with van der Waals surface area (Å²) in [6.45, 7) is 6.46. The predicted octanol–water partition coefficient (Wildman–Crippen LogP) is 2.06. The SMILES string of the molecule is CCc1cnc(CNC(=O)c2n[nH]c(C(C)C)c2N)s1. The number of aromatic amines is 1. The van der Waals surface area contributed by atoms with E-state index in [9.17, 15) is 4.79 Å². The molecule has 0 unspecified atom stereocenters. The third kappa shape index (κ3) is 2.98. The van der Waals surface area contributed by atoms with Gasteiger partial charge in [-0.05, 0) is 12.3 Å². The van der Waals surface area contributed by atoms with Crippen LogP contribution in [-0.2, 0) is 13.0 Å². The minimum Gasteiger partial charge on any atom is -0.395 e. The second-order valence-corrected chi connectivity index (χ2v) is 6.01. The fourth-order valence-electron chi connectivity index (χ4n) is 1.81. The van der Waals surface area contributed by atoms with Crippen molar-refractivity contribution in [3.63, 3.8) is 0 Å². The Morgan fingerprint density at radius 3 is 2.85 bits per heavy atom. The number of aryl methyl sites for hydroxylation is 1. The van der Waals surface area contributed by atoms with Crippen LogP contribution in [0.2, 0.25) is 0 Å². The van der Waals surface area contributed by atoms with Gasteiger partial charge in [0.2, 0.25) is 0 Å². The van der Waals surface area contributed by atoms with Crippen molar-refractivity contribution in [3.05, 3.63) is 27.5 Å². The molecule has 0 saturated heterocycles. The summed E-state index contributed by atoms with van der Waals surface area (Å²) in [7, 11) is 0. The van der Waals surface area contributed by atoms with Crippen LogP contribution in [0.3, 0.4) is 0 Å². The molecule has 0 aromatic carbocycles. The molecule has 0 fully saturated rings. The number of aromatic nitrogens is 3. The Morgan fingerprint density at radius 1 is 1.55 bits per heavy atom. The molecule has 2 aromatic rings. The number of carbonyl (C=O) groups excluding carboxylic acids is 1. The number of thiazole rings is 1. The fraction of sp³-hybridized carbons (Fsp3) is 0.462. The summed E-state index contributed by atoms with van der Waals surface area (Å²) in [6, 6.07) is 0. The van der Waals surface area contributed by atoms with E-state index < -0.39 is 0 Å². The van der Waals surface area contributed by atoms with Crippen LogP contribution in [0.1, 0.15) is 52.8 Å². The Bertz CT molecular complexity index is 602. The summed E-state index contributed by atoms with van der Waals surface area (Å²) in [6.07, 6.45) is 2.79. The van der Waals surface area contributed by atoms with Gasteiger partial charge in [-0.3, -0.25) is 9.89 Å². The lowest BCUT2D eigenvalue weighted by Crippen LogP contribution is -2.24. The molecule has 2 aromatic heterocycles. The van der Waals surface area contributed by atoms with Crippen molar-refractivity contribution < 1.29 is 4.79 Å². The van der Waals surface area contributed by atoms with Gasteiger partial charge < -0.3 is 11.1 Å². The normalized spacial score (nSPS) is 11.0. The van der Waals surface area contributed by atoms with E-state index in [0.29, 0.717) is 12.2 Å². The molecular formula is C13H19N5OS. The van der Waals surface area contributed by atoms with Gasteiger partial charge in [0.15, 0.2) is 5.69 Å². The van der Waals surface area contributed by atoms with Crippen LogP contribution in [-0.4, -0.2) is 21.1 Å². The van der Waals surface area contributed by atoms with Gasteiger partial charge in [-0.1, -0.05) is 20.8 Å². The molecule has 4 N–H and O–H groups in total. The minimum atomic E-state index is -0.279. The number of amides is 1. The second-order valence-electron chi connectivity index (χ2n) is 4.81. The van der Waals surface area contributed by atoms with Crippen LogP contribution in [0.15, 0.2) is 6.20 Å². The summed E-state index contributed by atoms with van der Waals surface area (Å²) in [5.41, 5.74) is 7.39. The highest BCUT2D eigenvalue weighted by molar-refractivity contribution is 7.11. The lowest BCUT2D eigenvalue weighted by atomic mass is 10.1. The first kappa shape index (κ1) is 14.5. The largest absolute Gasteiger partial charge is 0.395 e. The summed E-state index contributed by atoms with van der Waals surface area (Å²) in [5.74, 6) is -0.0750. The summed E-state index contributed by atoms with van der Waals surface area (Å²) in [4.78, 5) is 17.5. The number of nitrogens with two attached hydrogens (primary N) is 1. The van der Waals surface area contributed by atoms with Gasteiger partial charge in [-0.15, -0.1) is 11.3 Å². The Labute approximate surface area is 121 Å². The number of rotatable bonds is 5. The number of nitrogens with zero attached hydrogens (tertiary/aromatic N) is 2. The van der Waals surface area contributed by atoms with Crippen LogP contribution in [0, 0.1) is 0 Å². The molecular weight excluding hydrogens is 274 g/mol. The van der Waals surface area contributed by atoms with Gasteiger partial charge in [-0.25, -0.2) is 4.98 Å². The van der Waals surface area contributed by atoms with Crippen LogP contribution < -0.4 is 11.1 Å². The Balaban J connectivity index is 2.01. The number of anilines is 1. The highest BCUT2D eigenvalue weighted by atomic mass is 32.1. The van der Waals surface area contributed by atoms with Crippen molar-refractivity contribution in [2.45, 2.75) is 39.7 Å². The maximum absolute atomic E-state index is 12.1. The molecule has 0 spiro atoms. The average molecular weight is 293 g/mol. The molecule has 2 heterocycles. The molecule has 0 aliphatic rings. The molecule has 2 rings (SSSR count). The third-order valence-electron chi connectivity index (χ3n) is 2.98. The molecule has 0 aliphatic carbocycles. The number of nitrogens with one attached hydrogen (secondary N) is 2. The standard InChI is InChI=1S/C13H19N5OS/c1-4-8-5-15-9(20-8)6-16-13(19)12-10(14)11(7(2)3)17-18-12/h5,7H,4,6,14H2,1-3H3,(H,16,19)(H,17,18). The molecule has 0 bridgehead atoms. The summed E-state index contributed by atoms with van der Waals surface area (Å²) < 4.78 is 0. The number of nitrogen functional groups attached to an aromatic ring is 1. The first-order valence-electron chi connectivity index (χ1n) is 6.58. The Kier molecular flexibility index (Phi) is 4.39. The molecule has 0 atom stereocenters. The monoisotopic (exact) mass is 293 g/mol. The lowest BCUT2D eigenvalue weighted by Gasteiger charge is -2.03. The molecule has 20 heavy (non-hydrogen) atoms. The maximum Gasteiger partial charge on any atom is 0.274 e. The smallest absolute Gasteiger partial charge is 0.274 e. The quantitative estimate of drug-likeness (QED) is 0.786. The number of hydrogen-bond acceptors (Lipinski definition) is 5. The third-order valence-corrected chi connectivity index (χ3v) is 4.12. The van der Waals surface area contributed by atoms with Crippen molar-refractivity contribution in [1.82, 2.24) is 20.5 Å². The Hall–Kier alpha value is -1.89. The van der Waals surface area contributed by atoms with E-state index in [1.807, 2.05) is 20.0 Å². The van der Waals surface area contributed by atoms with Gasteiger partial charge in [0.25, 0.3) is 5.91 Å². The van der Waals surface area contributed by atoms with Crippen LogP contribution in [0.5, 0.6) is 0 Å². The maximum atomic E-state index is 12.1. The molecule has 0 saturated carbocycles. The summed E-state index contributed by atoms with van der Waals surface area (Å²) >= 11 is 1.60. The van der Waals surface area contributed by atoms with Gasteiger partial charge in [0.1, 0.15) is 5.01 Å². The zero-order valence-corrected chi connectivity index (χ0v) is 12.7. The highest BCUT2D eigenvalue weighted by Gasteiger charge is 2.18. The average Bonchev–Trinajstić information content (AvgIpc) is 3.02. The van der Waals surface area contributed by atoms with Crippen LogP contribution >= 0.6 is 11.3 Å². The molecule has 1 amide bonds. The van der Waals surface area contributed by atoms with Crippen molar-refractivity contribution in [2.24, 2.45) is 0 Å². The first-order chi connectivity index (χ1) is 9.52. The molecule has 6 nitrogen and oxygen atoms in total. The number of H-pyrrole nitrogens is 1.